The van der Waals surface area contributed by atoms with Gasteiger partial charge in [0.05, 0.1) is 0 Å². The van der Waals surface area contributed by atoms with Gasteiger partial charge in [0.15, 0.2) is 0 Å². The maximum absolute atomic E-state index is 12.3. The highest BCUT2D eigenvalue weighted by Gasteiger charge is 2.24. The largest absolute Gasteiger partial charge is 0.335 e. The smallest absolute Gasteiger partial charge is 0.321 e. The number of nitrogens with one attached hydrogen (secondary N) is 1. The van der Waals surface area contributed by atoms with Gasteiger partial charge >= 0.3 is 6.03 Å². The Morgan fingerprint density at radius 3 is 2.13 bits per heavy atom. The van der Waals surface area contributed by atoms with Crippen molar-refractivity contribution >= 4 is 17.6 Å². The average molecular weight is 310 g/mol. The van der Waals surface area contributed by atoms with E-state index in [-0.39, 0.29) is 11.9 Å². The topological polar surface area (TPSA) is 65.5 Å². The first kappa shape index (κ1) is 15.0. The SMILES string of the molecule is O=C(Nc1ccccc1)N1CCN(C(=O)c2ccncc2)CC1. The maximum Gasteiger partial charge on any atom is 0.321 e. The Balaban J connectivity index is 1.54. The highest BCUT2D eigenvalue weighted by molar-refractivity contribution is 5.94. The normalized spacial score (nSPS) is 14.4. The van der Waals surface area contributed by atoms with Crippen LogP contribution in [0.5, 0.6) is 0 Å². The minimum Gasteiger partial charge on any atom is -0.335 e. The van der Waals surface area contributed by atoms with Crippen molar-refractivity contribution in [3.05, 3.63) is 60.4 Å². The van der Waals surface area contributed by atoms with Gasteiger partial charge in [0.1, 0.15) is 0 Å². The number of amides is 3. The van der Waals surface area contributed by atoms with Gasteiger partial charge in [-0.3, -0.25) is 9.78 Å². The molecule has 3 amide bonds. The molecule has 23 heavy (non-hydrogen) atoms. The number of benzene rings is 1. The zero-order chi connectivity index (χ0) is 16.1. The van der Waals surface area contributed by atoms with Crippen molar-refractivity contribution in [3.8, 4) is 0 Å². The van der Waals surface area contributed by atoms with Crippen molar-refractivity contribution in [2.24, 2.45) is 0 Å². The van der Waals surface area contributed by atoms with Crippen LogP contribution in [0.25, 0.3) is 0 Å². The number of carbonyl (C=O) groups excluding carboxylic acids is 2. The lowest BCUT2D eigenvalue weighted by Gasteiger charge is -2.34. The molecular formula is C17H18N4O2. The van der Waals surface area contributed by atoms with Crippen LogP contribution < -0.4 is 5.32 Å². The van der Waals surface area contributed by atoms with E-state index >= 15 is 0 Å². The van der Waals surface area contributed by atoms with E-state index in [1.54, 1.807) is 34.3 Å². The molecule has 0 saturated carbocycles. The van der Waals surface area contributed by atoms with Crippen molar-refractivity contribution in [1.29, 1.82) is 0 Å². The highest BCUT2D eigenvalue weighted by atomic mass is 16.2. The second-order valence-corrected chi connectivity index (χ2v) is 5.31. The molecule has 0 aliphatic carbocycles. The standard InChI is InChI=1S/C17H18N4O2/c22-16(14-6-8-18-9-7-14)20-10-12-21(13-11-20)17(23)19-15-4-2-1-3-5-15/h1-9H,10-13H2,(H,19,23). The van der Waals surface area contributed by atoms with Crippen molar-refractivity contribution in [3.63, 3.8) is 0 Å². The molecule has 0 radical (unpaired) electrons. The monoisotopic (exact) mass is 310 g/mol. The number of pyridine rings is 1. The average Bonchev–Trinajstić information content (AvgIpc) is 2.63. The first-order valence-corrected chi connectivity index (χ1v) is 7.54. The van der Waals surface area contributed by atoms with Crippen molar-refractivity contribution in [1.82, 2.24) is 14.8 Å². The van der Waals surface area contributed by atoms with E-state index in [0.29, 0.717) is 31.7 Å². The van der Waals surface area contributed by atoms with Crippen LogP contribution in [0.1, 0.15) is 10.4 Å². The first-order chi connectivity index (χ1) is 11.2. The second-order valence-electron chi connectivity index (χ2n) is 5.31. The van der Waals surface area contributed by atoms with E-state index < -0.39 is 0 Å². The summed E-state index contributed by atoms with van der Waals surface area (Å²) >= 11 is 0. The molecule has 1 saturated heterocycles. The van der Waals surface area contributed by atoms with Crippen molar-refractivity contribution in [2.45, 2.75) is 0 Å². The Labute approximate surface area is 134 Å². The van der Waals surface area contributed by atoms with E-state index in [1.807, 2.05) is 30.3 Å². The number of urea groups is 1. The number of anilines is 1. The number of hydrogen-bond donors (Lipinski definition) is 1. The van der Waals surface area contributed by atoms with Crippen LogP contribution in [0.2, 0.25) is 0 Å². The molecule has 2 aromatic rings. The summed E-state index contributed by atoms with van der Waals surface area (Å²) in [6.07, 6.45) is 3.22. The molecule has 1 aromatic carbocycles. The summed E-state index contributed by atoms with van der Waals surface area (Å²) in [6.45, 7) is 2.11. The molecule has 1 aromatic heterocycles. The minimum atomic E-state index is -0.132. The number of carbonyl (C=O) groups is 2. The van der Waals surface area contributed by atoms with Gasteiger partial charge in [-0.15, -0.1) is 0 Å². The Morgan fingerprint density at radius 1 is 0.870 bits per heavy atom. The lowest BCUT2D eigenvalue weighted by molar-refractivity contribution is 0.0671. The molecule has 0 atom stereocenters. The van der Waals surface area contributed by atoms with Crippen molar-refractivity contribution in [2.75, 3.05) is 31.5 Å². The summed E-state index contributed by atoms with van der Waals surface area (Å²) in [6, 6.07) is 12.6. The molecule has 2 heterocycles. The van der Waals surface area contributed by atoms with E-state index in [2.05, 4.69) is 10.3 Å². The molecule has 1 aliphatic rings. The number of para-hydroxylation sites is 1. The Kier molecular flexibility index (Phi) is 4.52. The van der Waals surface area contributed by atoms with Crippen LogP contribution >= 0.6 is 0 Å². The molecule has 6 nitrogen and oxygen atoms in total. The second kappa shape index (κ2) is 6.91. The summed E-state index contributed by atoms with van der Waals surface area (Å²) < 4.78 is 0. The van der Waals surface area contributed by atoms with Gasteiger partial charge in [-0.25, -0.2) is 4.79 Å². The van der Waals surface area contributed by atoms with Gasteiger partial charge in [0.25, 0.3) is 5.91 Å². The third kappa shape index (κ3) is 3.66. The molecule has 0 bridgehead atoms. The van der Waals surface area contributed by atoms with Crippen molar-refractivity contribution < 1.29 is 9.59 Å². The summed E-state index contributed by atoms with van der Waals surface area (Å²) in [4.78, 5) is 32.0. The molecule has 0 unspecified atom stereocenters. The zero-order valence-electron chi connectivity index (χ0n) is 12.7. The minimum absolute atomic E-state index is 0.0180. The third-order valence-electron chi connectivity index (χ3n) is 3.81. The highest BCUT2D eigenvalue weighted by Crippen LogP contribution is 2.11. The fourth-order valence-corrected chi connectivity index (χ4v) is 2.51. The zero-order valence-corrected chi connectivity index (χ0v) is 12.7. The van der Waals surface area contributed by atoms with Gasteiger partial charge < -0.3 is 15.1 Å². The number of hydrogen-bond acceptors (Lipinski definition) is 3. The number of nitrogens with zero attached hydrogens (tertiary/aromatic N) is 3. The Bertz CT molecular complexity index is 668. The quantitative estimate of drug-likeness (QED) is 0.923. The summed E-state index contributed by atoms with van der Waals surface area (Å²) in [5.41, 5.74) is 1.40. The number of piperazine rings is 1. The molecule has 118 valence electrons. The lowest BCUT2D eigenvalue weighted by Crippen LogP contribution is -2.51. The molecule has 3 rings (SSSR count). The van der Waals surface area contributed by atoms with Gasteiger partial charge in [-0.1, -0.05) is 18.2 Å². The maximum atomic E-state index is 12.3. The van der Waals surface area contributed by atoms with E-state index in [9.17, 15) is 9.59 Å². The van der Waals surface area contributed by atoms with Gasteiger partial charge in [0, 0.05) is 49.8 Å². The third-order valence-corrected chi connectivity index (χ3v) is 3.81. The Morgan fingerprint density at radius 2 is 1.48 bits per heavy atom. The molecular weight excluding hydrogens is 292 g/mol. The molecule has 1 fully saturated rings. The van der Waals surface area contributed by atoms with Crippen LogP contribution in [-0.4, -0.2) is 52.9 Å². The van der Waals surface area contributed by atoms with Gasteiger partial charge in [0.2, 0.25) is 0 Å². The molecule has 1 N–H and O–H groups in total. The lowest BCUT2D eigenvalue weighted by atomic mass is 10.2. The van der Waals surface area contributed by atoms with Gasteiger partial charge in [-0.2, -0.15) is 0 Å². The summed E-state index contributed by atoms with van der Waals surface area (Å²) in [5, 5.41) is 2.86. The van der Waals surface area contributed by atoms with E-state index in [0.717, 1.165) is 5.69 Å². The summed E-state index contributed by atoms with van der Waals surface area (Å²) in [7, 11) is 0. The Hall–Kier alpha value is -2.89. The molecule has 0 spiro atoms. The van der Waals surface area contributed by atoms with E-state index in [1.165, 1.54) is 0 Å². The fraction of sp³-hybridized carbons (Fsp3) is 0.235. The van der Waals surface area contributed by atoms with Crippen LogP contribution in [0, 0.1) is 0 Å². The van der Waals surface area contributed by atoms with Crippen LogP contribution in [0.15, 0.2) is 54.9 Å². The fourth-order valence-electron chi connectivity index (χ4n) is 2.51. The van der Waals surface area contributed by atoms with Gasteiger partial charge in [-0.05, 0) is 24.3 Å². The number of rotatable bonds is 2. The van der Waals surface area contributed by atoms with Crippen LogP contribution in [0.4, 0.5) is 10.5 Å². The summed E-state index contributed by atoms with van der Waals surface area (Å²) in [5.74, 6) is -0.0180. The predicted molar refractivity (Wildman–Crippen MR) is 87.2 cm³/mol. The van der Waals surface area contributed by atoms with E-state index in [4.69, 9.17) is 0 Å². The number of aromatic nitrogens is 1. The molecule has 1 aliphatic heterocycles. The molecule has 6 heteroatoms. The predicted octanol–water partition coefficient (Wildman–Crippen LogP) is 2.07. The van der Waals surface area contributed by atoms with Crippen LogP contribution in [0.3, 0.4) is 0 Å². The van der Waals surface area contributed by atoms with Crippen LogP contribution in [-0.2, 0) is 0 Å². The first-order valence-electron chi connectivity index (χ1n) is 7.54.